The zero-order valence-corrected chi connectivity index (χ0v) is 27.7. The molecule has 2 aromatic heterocycles. The minimum Gasteiger partial charge on any atom is -0.270 e. The molecule has 9 rings (SSSR count). The molecule has 4 heteroatoms. The molecular formula is C45H34B2N2. The van der Waals surface area contributed by atoms with E-state index in [4.69, 9.17) is 9.97 Å². The van der Waals surface area contributed by atoms with Gasteiger partial charge >= 0.3 is 0 Å². The zero-order valence-electron chi connectivity index (χ0n) is 27.7. The Morgan fingerprint density at radius 3 is 1.63 bits per heavy atom. The predicted molar refractivity (Wildman–Crippen MR) is 210 cm³/mol. The third kappa shape index (κ3) is 4.90. The highest BCUT2D eigenvalue weighted by Crippen LogP contribution is 2.49. The van der Waals surface area contributed by atoms with Gasteiger partial charge in [0.1, 0.15) is 0 Å². The summed E-state index contributed by atoms with van der Waals surface area (Å²) in [5.74, 6) is 0. The van der Waals surface area contributed by atoms with Crippen LogP contribution >= 0.6 is 0 Å². The first-order valence-electron chi connectivity index (χ1n) is 17.1. The first-order chi connectivity index (χ1) is 24.1. The van der Waals surface area contributed by atoms with Crippen molar-refractivity contribution in [2.45, 2.75) is 19.3 Å². The van der Waals surface area contributed by atoms with Crippen LogP contribution in [0.3, 0.4) is 0 Å². The third-order valence-corrected chi connectivity index (χ3v) is 10.6. The number of hydrogen-bond acceptors (Lipinski definition) is 2. The van der Waals surface area contributed by atoms with E-state index in [-0.39, 0.29) is 18.8 Å². The lowest BCUT2D eigenvalue weighted by Crippen LogP contribution is -2.53. The smallest absolute Gasteiger partial charge is 0.265 e. The Labute approximate surface area is 288 Å². The van der Waals surface area contributed by atoms with Crippen molar-refractivity contribution in [3.8, 4) is 11.1 Å². The standard InChI is InChI=1S/C45H34B2N2/c1-45(2)40-19-13-18-37-38-29-34(46(32-14-5-3-6-15-32)42-20-9-11-26-48-42)23-22-31(38)28-39(44(37)40)36-25-24-35(30-41(36)45)47(33-16-7-4-8-17-33)43-21-10-12-27-49-43/h3-30H,1-2H3. The number of nitrogens with zero attached hydrogens (tertiary/aromatic N) is 2. The fourth-order valence-electron chi connectivity index (χ4n) is 8.23. The number of hydrogen-bond donors (Lipinski definition) is 0. The van der Waals surface area contributed by atoms with Crippen LogP contribution in [0.4, 0.5) is 0 Å². The van der Waals surface area contributed by atoms with Crippen molar-refractivity contribution in [3.63, 3.8) is 0 Å². The molecule has 1 aliphatic rings. The molecule has 2 heterocycles. The average Bonchev–Trinajstić information content (AvgIpc) is 3.16. The third-order valence-electron chi connectivity index (χ3n) is 10.6. The Morgan fingerprint density at radius 1 is 0.429 bits per heavy atom. The molecule has 49 heavy (non-hydrogen) atoms. The summed E-state index contributed by atoms with van der Waals surface area (Å²) in [7, 11) is 0. The van der Waals surface area contributed by atoms with Gasteiger partial charge in [0, 0.05) is 29.0 Å². The molecule has 0 spiro atoms. The fourth-order valence-corrected chi connectivity index (χ4v) is 8.23. The van der Waals surface area contributed by atoms with Crippen molar-refractivity contribution >= 4 is 68.0 Å². The van der Waals surface area contributed by atoms with Crippen molar-refractivity contribution in [2.24, 2.45) is 0 Å². The van der Waals surface area contributed by atoms with Gasteiger partial charge in [0.05, 0.1) is 0 Å². The normalized spacial score (nSPS) is 12.9. The second-order valence-corrected chi connectivity index (χ2v) is 13.8. The van der Waals surface area contributed by atoms with Crippen molar-refractivity contribution in [1.82, 2.24) is 9.97 Å². The molecule has 0 unspecified atom stereocenters. The average molecular weight is 624 g/mol. The summed E-state index contributed by atoms with van der Waals surface area (Å²) in [4.78, 5) is 9.66. The highest BCUT2D eigenvalue weighted by molar-refractivity contribution is 6.95. The maximum atomic E-state index is 4.84. The number of benzene rings is 6. The molecule has 6 aromatic carbocycles. The van der Waals surface area contributed by atoms with E-state index in [1.165, 1.54) is 65.6 Å². The van der Waals surface area contributed by atoms with Gasteiger partial charge in [0.25, 0.3) is 13.4 Å². The lowest BCUT2D eigenvalue weighted by molar-refractivity contribution is 0.646. The van der Waals surface area contributed by atoms with Gasteiger partial charge in [0.15, 0.2) is 0 Å². The molecular weight excluding hydrogens is 590 g/mol. The Morgan fingerprint density at radius 2 is 1.02 bits per heavy atom. The summed E-state index contributed by atoms with van der Waals surface area (Å²) in [5.41, 5.74) is 12.3. The number of pyridine rings is 2. The second kappa shape index (κ2) is 11.8. The molecule has 0 saturated carbocycles. The summed E-state index contributed by atoms with van der Waals surface area (Å²) in [6.07, 6.45) is 3.80. The Bertz CT molecular complexity index is 2380. The second-order valence-electron chi connectivity index (χ2n) is 13.8. The molecule has 0 fully saturated rings. The maximum absolute atomic E-state index is 4.84. The minimum atomic E-state index is -0.199. The summed E-state index contributed by atoms with van der Waals surface area (Å²) < 4.78 is 0. The van der Waals surface area contributed by atoms with Crippen LogP contribution < -0.4 is 33.0 Å². The lowest BCUT2D eigenvalue weighted by Gasteiger charge is -2.36. The van der Waals surface area contributed by atoms with Crippen LogP contribution in [0.5, 0.6) is 0 Å². The Balaban J connectivity index is 1.24. The van der Waals surface area contributed by atoms with Crippen LogP contribution in [0.1, 0.15) is 25.0 Å². The molecule has 0 aliphatic heterocycles. The highest BCUT2D eigenvalue weighted by atomic mass is 14.6. The fraction of sp³-hybridized carbons (Fsp3) is 0.0667. The molecule has 1 aliphatic carbocycles. The van der Waals surface area contributed by atoms with E-state index < -0.39 is 0 Å². The lowest BCUT2D eigenvalue weighted by atomic mass is 9.38. The van der Waals surface area contributed by atoms with Crippen molar-refractivity contribution in [2.75, 3.05) is 0 Å². The number of aromatic nitrogens is 2. The quantitative estimate of drug-likeness (QED) is 0.165. The van der Waals surface area contributed by atoms with Crippen LogP contribution in [-0.2, 0) is 5.41 Å². The van der Waals surface area contributed by atoms with Gasteiger partial charge in [-0.1, -0.05) is 163 Å². The summed E-state index contributed by atoms with van der Waals surface area (Å²) in [6.45, 7) is 4.87. The van der Waals surface area contributed by atoms with Gasteiger partial charge < -0.3 is 0 Å². The maximum Gasteiger partial charge on any atom is 0.265 e. The van der Waals surface area contributed by atoms with E-state index in [0.717, 1.165) is 11.2 Å². The van der Waals surface area contributed by atoms with Crippen molar-refractivity contribution in [1.29, 1.82) is 0 Å². The van der Waals surface area contributed by atoms with Crippen molar-refractivity contribution in [3.05, 3.63) is 181 Å². The van der Waals surface area contributed by atoms with E-state index in [2.05, 4.69) is 159 Å². The van der Waals surface area contributed by atoms with E-state index in [0.29, 0.717) is 0 Å². The molecule has 230 valence electrons. The molecule has 0 saturated heterocycles. The van der Waals surface area contributed by atoms with Gasteiger partial charge in [-0.15, -0.1) is 0 Å². The highest BCUT2D eigenvalue weighted by Gasteiger charge is 2.35. The SMILES string of the molecule is CC1(C)c2cc(B(c3ccccc3)c3ccccn3)ccc2-c2cc3ccc(B(c4ccccc4)c4ccccn4)cc3c3cccc1c23. The van der Waals surface area contributed by atoms with E-state index >= 15 is 0 Å². The molecule has 0 atom stereocenters. The van der Waals surface area contributed by atoms with Crippen LogP contribution in [0.25, 0.3) is 32.7 Å². The predicted octanol–water partition coefficient (Wildman–Crippen LogP) is 6.12. The summed E-state index contributed by atoms with van der Waals surface area (Å²) >= 11 is 0. The van der Waals surface area contributed by atoms with E-state index in [9.17, 15) is 0 Å². The van der Waals surface area contributed by atoms with Crippen LogP contribution in [0, 0.1) is 0 Å². The number of fused-ring (bicyclic) bond motifs is 4. The molecule has 0 amide bonds. The van der Waals surface area contributed by atoms with Gasteiger partial charge in [-0.2, -0.15) is 0 Å². The largest absolute Gasteiger partial charge is 0.270 e. The van der Waals surface area contributed by atoms with E-state index in [1.54, 1.807) is 0 Å². The molecule has 0 bridgehead atoms. The Kier molecular flexibility index (Phi) is 7.05. The van der Waals surface area contributed by atoms with Gasteiger partial charge in [-0.05, 0) is 74.1 Å². The summed E-state index contributed by atoms with van der Waals surface area (Å²) in [6, 6.07) is 57.4. The Hall–Kier alpha value is -5.73. The monoisotopic (exact) mass is 624 g/mol. The number of rotatable bonds is 6. The van der Waals surface area contributed by atoms with E-state index in [1.807, 2.05) is 24.5 Å². The summed E-state index contributed by atoms with van der Waals surface area (Å²) in [5, 5.41) is 5.20. The topological polar surface area (TPSA) is 25.8 Å². The first-order valence-corrected chi connectivity index (χ1v) is 17.1. The van der Waals surface area contributed by atoms with Crippen molar-refractivity contribution < 1.29 is 0 Å². The molecule has 0 N–H and O–H groups in total. The van der Waals surface area contributed by atoms with Crippen LogP contribution in [0.15, 0.2) is 170 Å². The van der Waals surface area contributed by atoms with Gasteiger partial charge in [0.2, 0.25) is 0 Å². The minimum absolute atomic E-state index is 0.0462. The molecule has 0 radical (unpaired) electrons. The molecule has 2 nitrogen and oxygen atoms in total. The van der Waals surface area contributed by atoms with Crippen LogP contribution in [-0.4, -0.2) is 23.4 Å². The molecule has 8 aromatic rings. The first kappa shape index (κ1) is 29.4. The zero-order chi connectivity index (χ0) is 33.0. The van der Waals surface area contributed by atoms with Gasteiger partial charge in [-0.25, -0.2) is 0 Å². The van der Waals surface area contributed by atoms with Gasteiger partial charge in [-0.3, -0.25) is 9.97 Å². The van der Waals surface area contributed by atoms with Crippen LogP contribution in [0.2, 0.25) is 0 Å².